The second kappa shape index (κ2) is 4.05. The Hall–Kier alpha value is -2.10. The van der Waals surface area contributed by atoms with Gasteiger partial charge in [0.25, 0.3) is 0 Å². The van der Waals surface area contributed by atoms with Gasteiger partial charge in [-0.1, -0.05) is 12.1 Å². The van der Waals surface area contributed by atoms with Gasteiger partial charge in [0.15, 0.2) is 5.82 Å². The number of hydrogen-bond donors (Lipinski definition) is 1. The zero-order chi connectivity index (χ0) is 11.7. The van der Waals surface area contributed by atoms with E-state index in [-0.39, 0.29) is 0 Å². The Morgan fingerprint density at radius 2 is 2.12 bits per heavy atom. The molecule has 0 atom stereocenters. The minimum Gasteiger partial charge on any atom is -0.492 e. The van der Waals surface area contributed by atoms with E-state index in [2.05, 4.69) is 21.4 Å². The van der Waals surface area contributed by atoms with Crippen molar-refractivity contribution in [3.8, 4) is 17.0 Å². The SMILES string of the molecule is CNc1nccnc1-c1cccc2c1OCC2. The molecule has 1 aromatic carbocycles. The summed E-state index contributed by atoms with van der Waals surface area (Å²) >= 11 is 0. The summed E-state index contributed by atoms with van der Waals surface area (Å²) in [6, 6.07) is 6.16. The van der Waals surface area contributed by atoms with Crippen LogP contribution >= 0.6 is 0 Å². The van der Waals surface area contributed by atoms with E-state index < -0.39 is 0 Å². The van der Waals surface area contributed by atoms with E-state index in [1.165, 1.54) is 5.56 Å². The lowest BCUT2D eigenvalue weighted by molar-refractivity contribution is 0.358. The zero-order valence-electron chi connectivity index (χ0n) is 9.60. The van der Waals surface area contributed by atoms with Gasteiger partial charge < -0.3 is 10.1 Å². The summed E-state index contributed by atoms with van der Waals surface area (Å²) in [6.07, 6.45) is 4.35. The van der Waals surface area contributed by atoms with Gasteiger partial charge in [0.1, 0.15) is 11.4 Å². The fourth-order valence-electron chi connectivity index (χ4n) is 2.12. The van der Waals surface area contributed by atoms with Gasteiger partial charge >= 0.3 is 0 Å². The summed E-state index contributed by atoms with van der Waals surface area (Å²) in [5, 5.41) is 3.06. The number of para-hydroxylation sites is 1. The van der Waals surface area contributed by atoms with E-state index in [0.717, 1.165) is 35.9 Å². The molecule has 0 radical (unpaired) electrons. The molecule has 0 bridgehead atoms. The first-order valence-corrected chi connectivity index (χ1v) is 5.64. The van der Waals surface area contributed by atoms with E-state index in [1.54, 1.807) is 12.4 Å². The number of benzene rings is 1. The van der Waals surface area contributed by atoms with Crippen molar-refractivity contribution >= 4 is 5.82 Å². The molecule has 4 nitrogen and oxygen atoms in total. The maximum atomic E-state index is 5.69. The molecule has 3 rings (SSSR count). The lowest BCUT2D eigenvalue weighted by atomic mass is 10.1. The van der Waals surface area contributed by atoms with E-state index >= 15 is 0 Å². The molecule has 1 aliphatic rings. The van der Waals surface area contributed by atoms with Crippen LogP contribution in [-0.4, -0.2) is 23.6 Å². The van der Waals surface area contributed by atoms with Crippen LogP contribution in [0.5, 0.6) is 5.75 Å². The number of nitrogens with zero attached hydrogens (tertiary/aromatic N) is 2. The summed E-state index contributed by atoms with van der Waals surface area (Å²) in [7, 11) is 1.84. The van der Waals surface area contributed by atoms with Gasteiger partial charge in [0.2, 0.25) is 0 Å². The molecule has 0 spiro atoms. The third-order valence-electron chi connectivity index (χ3n) is 2.90. The van der Waals surface area contributed by atoms with Gasteiger partial charge in [-0.2, -0.15) is 0 Å². The van der Waals surface area contributed by atoms with Crippen LogP contribution in [0.4, 0.5) is 5.82 Å². The van der Waals surface area contributed by atoms with Gasteiger partial charge in [-0.25, -0.2) is 4.98 Å². The Morgan fingerprint density at radius 1 is 1.24 bits per heavy atom. The summed E-state index contributed by atoms with van der Waals surface area (Å²) in [6.45, 7) is 0.751. The van der Waals surface area contributed by atoms with Crippen molar-refractivity contribution in [3.05, 3.63) is 36.2 Å². The predicted molar refractivity (Wildman–Crippen MR) is 66.2 cm³/mol. The molecule has 1 aliphatic heterocycles. The molecule has 1 N–H and O–H groups in total. The summed E-state index contributed by atoms with van der Waals surface area (Å²) in [5.41, 5.74) is 3.10. The van der Waals surface area contributed by atoms with Crippen molar-refractivity contribution in [2.24, 2.45) is 0 Å². The van der Waals surface area contributed by atoms with Crippen LogP contribution in [0.1, 0.15) is 5.56 Å². The number of anilines is 1. The average molecular weight is 227 g/mol. The highest BCUT2D eigenvalue weighted by molar-refractivity contribution is 5.77. The minimum atomic E-state index is 0.751. The second-order valence-corrected chi connectivity index (χ2v) is 3.90. The fraction of sp³-hybridized carbons (Fsp3) is 0.231. The van der Waals surface area contributed by atoms with Gasteiger partial charge in [-0.15, -0.1) is 0 Å². The largest absolute Gasteiger partial charge is 0.492 e. The molecule has 0 unspecified atom stereocenters. The van der Waals surface area contributed by atoms with Crippen LogP contribution in [0.2, 0.25) is 0 Å². The number of nitrogens with one attached hydrogen (secondary N) is 1. The van der Waals surface area contributed by atoms with E-state index in [9.17, 15) is 0 Å². The third-order valence-corrected chi connectivity index (χ3v) is 2.90. The van der Waals surface area contributed by atoms with Crippen molar-refractivity contribution in [3.63, 3.8) is 0 Å². The molecule has 4 heteroatoms. The molecule has 17 heavy (non-hydrogen) atoms. The molecule has 0 aliphatic carbocycles. The monoisotopic (exact) mass is 227 g/mol. The molecule has 1 aromatic heterocycles. The highest BCUT2D eigenvalue weighted by Crippen LogP contribution is 2.37. The molecule has 2 heterocycles. The molecule has 0 amide bonds. The van der Waals surface area contributed by atoms with Crippen LogP contribution in [0.25, 0.3) is 11.3 Å². The molecule has 0 fully saturated rings. The Kier molecular flexibility index (Phi) is 2.40. The number of hydrogen-bond acceptors (Lipinski definition) is 4. The van der Waals surface area contributed by atoms with Crippen LogP contribution < -0.4 is 10.1 Å². The normalized spacial score (nSPS) is 13.0. The number of fused-ring (bicyclic) bond motifs is 1. The van der Waals surface area contributed by atoms with E-state index in [1.807, 2.05) is 19.2 Å². The van der Waals surface area contributed by atoms with Crippen molar-refractivity contribution < 1.29 is 4.74 Å². The number of rotatable bonds is 2. The quantitative estimate of drug-likeness (QED) is 0.853. The highest BCUT2D eigenvalue weighted by atomic mass is 16.5. The van der Waals surface area contributed by atoms with E-state index in [0.29, 0.717) is 0 Å². The van der Waals surface area contributed by atoms with Crippen molar-refractivity contribution in [1.82, 2.24) is 9.97 Å². The van der Waals surface area contributed by atoms with Crippen molar-refractivity contribution in [2.45, 2.75) is 6.42 Å². The first kappa shape index (κ1) is 10.1. The molecule has 86 valence electrons. The zero-order valence-corrected chi connectivity index (χ0v) is 9.60. The molecule has 0 saturated heterocycles. The van der Waals surface area contributed by atoms with Gasteiger partial charge in [0, 0.05) is 31.4 Å². The Labute approximate surface area is 99.7 Å². The smallest absolute Gasteiger partial charge is 0.152 e. The van der Waals surface area contributed by atoms with Crippen LogP contribution in [-0.2, 0) is 6.42 Å². The minimum absolute atomic E-state index is 0.751. The topological polar surface area (TPSA) is 47.0 Å². The molecule has 2 aromatic rings. The first-order valence-electron chi connectivity index (χ1n) is 5.64. The molecule has 0 saturated carbocycles. The maximum absolute atomic E-state index is 5.69. The van der Waals surface area contributed by atoms with Crippen molar-refractivity contribution in [1.29, 1.82) is 0 Å². The van der Waals surface area contributed by atoms with E-state index in [4.69, 9.17) is 4.74 Å². The lowest BCUT2D eigenvalue weighted by Crippen LogP contribution is -1.98. The summed E-state index contributed by atoms with van der Waals surface area (Å²) in [5.74, 6) is 1.72. The predicted octanol–water partition coefficient (Wildman–Crippen LogP) is 2.12. The number of ether oxygens (including phenoxy) is 1. The number of aromatic nitrogens is 2. The third kappa shape index (κ3) is 1.62. The Morgan fingerprint density at radius 3 is 3.00 bits per heavy atom. The molecular formula is C13H13N3O. The summed E-state index contributed by atoms with van der Waals surface area (Å²) < 4.78 is 5.69. The van der Waals surface area contributed by atoms with Crippen LogP contribution in [0.3, 0.4) is 0 Å². The van der Waals surface area contributed by atoms with Gasteiger partial charge in [0.05, 0.1) is 6.61 Å². The molecular weight excluding hydrogens is 214 g/mol. The van der Waals surface area contributed by atoms with Crippen molar-refractivity contribution in [2.75, 3.05) is 19.0 Å². The average Bonchev–Trinajstić information content (AvgIpc) is 2.86. The van der Waals surface area contributed by atoms with Gasteiger partial charge in [-0.05, 0) is 11.6 Å². The highest BCUT2D eigenvalue weighted by Gasteiger charge is 2.19. The standard InChI is InChI=1S/C13H13N3O/c1-14-13-11(15-6-7-16-13)10-4-2-3-9-5-8-17-12(9)10/h2-4,6-7H,5,8H2,1H3,(H,14,16). The second-order valence-electron chi connectivity index (χ2n) is 3.90. The van der Waals surface area contributed by atoms with Crippen LogP contribution in [0, 0.1) is 0 Å². The first-order chi connectivity index (χ1) is 8.40. The Balaban J connectivity index is 2.19. The lowest BCUT2D eigenvalue weighted by Gasteiger charge is -2.10. The van der Waals surface area contributed by atoms with Gasteiger partial charge in [-0.3, -0.25) is 4.98 Å². The Bertz CT molecular complexity index is 554. The fourth-order valence-corrected chi connectivity index (χ4v) is 2.12. The van der Waals surface area contributed by atoms with Crippen LogP contribution in [0.15, 0.2) is 30.6 Å². The maximum Gasteiger partial charge on any atom is 0.152 e. The summed E-state index contributed by atoms with van der Waals surface area (Å²) in [4.78, 5) is 8.66.